The number of aromatic nitrogens is 2. The van der Waals surface area contributed by atoms with Crippen molar-refractivity contribution >= 4 is 32.6 Å². The Hall–Kier alpha value is -6.38. The van der Waals surface area contributed by atoms with Crippen LogP contribution < -0.4 is 0 Å². The third-order valence-electron chi connectivity index (χ3n) is 9.87. The van der Waals surface area contributed by atoms with Crippen molar-refractivity contribution in [3.63, 3.8) is 0 Å². The Balaban J connectivity index is 1.33. The second-order valence-corrected chi connectivity index (χ2v) is 12.5. The number of fused-ring (bicyclic) bond motifs is 6. The fraction of sp³-hybridized carbons (Fsp3) is 0. The van der Waals surface area contributed by atoms with Gasteiger partial charge in [0.15, 0.2) is 0 Å². The Kier molecular flexibility index (Phi) is 5.91. The van der Waals surface area contributed by atoms with Gasteiger partial charge in [-0.1, -0.05) is 140 Å². The highest BCUT2D eigenvalue weighted by Crippen LogP contribution is 2.58. The Labute approximate surface area is 278 Å². The molecule has 0 bridgehead atoms. The minimum atomic E-state index is 0.924. The van der Waals surface area contributed by atoms with E-state index in [0.717, 1.165) is 27.4 Å². The highest BCUT2D eigenvalue weighted by atomic mass is 14.7. The normalized spacial score (nSPS) is 11.8. The van der Waals surface area contributed by atoms with Gasteiger partial charge in [-0.05, 0) is 90.2 Å². The molecule has 0 aliphatic heterocycles. The van der Waals surface area contributed by atoms with Crippen molar-refractivity contribution < 1.29 is 0 Å². The van der Waals surface area contributed by atoms with Gasteiger partial charge in [0.1, 0.15) is 0 Å². The smallest absolute Gasteiger partial charge is 0.0964 e. The molecular weight excluding hydrogens is 581 g/mol. The standard InChI is InChI=1S/C46H28N2/c1-4-12-29(13-5-1)35-23-24-38-42-36(35)19-10-20-37(42)44-41(31-16-8-3-9-17-31)40(27-39(43(38)44)30-14-6-2-7-15-30)34-26-33-22-21-32-18-11-25-47-45(32)46(33)48-28-34/h1-28H. The van der Waals surface area contributed by atoms with Crippen LogP contribution in [-0.4, -0.2) is 9.97 Å². The molecule has 2 nitrogen and oxygen atoms in total. The maximum absolute atomic E-state index is 5.08. The number of hydrogen-bond acceptors (Lipinski definition) is 2. The molecule has 0 amide bonds. The predicted molar refractivity (Wildman–Crippen MR) is 201 cm³/mol. The van der Waals surface area contributed by atoms with Crippen LogP contribution in [0.4, 0.5) is 0 Å². The highest BCUT2D eigenvalue weighted by molar-refractivity contribution is 6.24. The second kappa shape index (κ2) is 10.6. The summed E-state index contributed by atoms with van der Waals surface area (Å²) in [5.74, 6) is 0. The fourth-order valence-corrected chi connectivity index (χ4v) is 7.79. The topological polar surface area (TPSA) is 25.8 Å². The molecule has 2 heteroatoms. The quantitative estimate of drug-likeness (QED) is 0.186. The predicted octanol–water partition coefficient (Wildman–Crippen LogP) is 12.3. The van der Waals surface area contributed by atoms with E-state index in [0.29, 0.717) is 0 Å². The van der Waals surface area contributed by atoms with E-state index in [1.807, 2.05) is 18.5 Å². The van der Waals surface area contributed by atoms with Gasteiger partial charge >= 0.3 is 0 Å². The molecule has 9 aromatic rings. The molecule has 2 heterocycles. The molecule has 7 aromatic carbocycles. The van der Waals surface area contributed by atoms with Gasteiger partial charge in [0.2, 0.25) is 0 Å². The molecule has 48 heavy (non-hydrogen) atoms. The first-order valence-electron chi connectivity index (χ1n) is 16.4. The molecule has 0 radical (unpaired) electrons. The average molecular weight is 609 g/mol. The van der Waals surface area contributed by atoms with Crippen LogP contribution in [0.3, 0.4) is 0 Å². The van der Waals surface area contributed by atoms with Crippen LogP contribution >= 0.6 is 0 Å². The van der Waals surface area contributed by atoms with Gasteiger partial charge in [-0.15, -0.1) is 0 Å². The number of rotatable bonds is 4. The lowest BCUT2D eigenvalue weighted by atomic mass is 9.82. The zero-order valence-electron chi connectivity index (χ0n) is 26.1. The first-order valence-corrected chi connectivity index (χ1v) is 16.4. The van der Waals surface area contributed by atoms with Crippen LogP contribution in [0.5, 0.6) is 0 Å². The molecule has 2 aromatic heterocycles. The molecule has 1 aliphatic rings. The van der Waals surface area contributed by atoms with Crippen LogP contribution in [0.2, 0.25) is 0 Å². The van der Waals surface area contributed by atoms with Gasteiger partial charge in [0.05, 0.1) is 11.0 Å². The fourth-order valence-electron chi connectivity index (χ4n) is 7.79. The van der Waals surface area contributed by atoms with Crippen LogP contribution in [0.25, 0.3) is 99.3 Å². The van der Waals surface area contributed by atoms with Crippen molar-refractivity contribution in [2.24, 2.45) is 0 Å². The molecule has 0 fully saturated rings. The molecule has 0 saturated heterocycles. The zero-order valence-corrected chi connectivity index (χ0v) is 26.1. The first-order chi connectivity index (χ1) is 23.8. The van der Waals surface area contributed by atoms with E-state index in [1.165, 1.54) is 72.0 Å². The van der Waals surface area contributed by atoms with Crippen molar-refractivity contribution in [3.05, 3.63) is 170 Å². The van der Waals surface area contributed by atoms with E-state index in [4.69, 9.17) is 4.98 Å². The summed E-state index contributed by atoms with van der Waals surface area (Å²) < 4.78 is 0. The molecule has 0 unspecified atom stereocenters. The lowest BCUT2D eigenvalue weighted by Crippen LogP contribution is -1.95. The number of pyridine rings is 2. The molecule has 0 spiro atoms. The third-order valence-corrected chi connectivity index (χ3v) is 9.87. The Bertz CT molecular complexity index is 2700. The highest BCUT2D eigenvalue weighted by Gasteiger charge is 2.31. The second-order valence-electron chi connectivity index (χ2n) is 12.5. The minimum absolute atomic E-state index is 0.924. The van der Waals surface area contributed by atoms with Crippen molar-refractivity contribution in [2.75, 3.05) is 0 Å². The van der Waals surface area contributed by atoms with Crippen LogP contribution in [-0.2, 0) is 0 Å². The summed E-state index contributed by atoms with van der Waals surface area (Å²) in [7, 11) is 0. The van der Waals surface area contributed by atoms with Gasteiger partial charge in [0.25, 0.3) is 0 Å². The van der Waals surface area contributed by atoms with Gasteiger partial charge in [-0.25, -0.2) is 0 Å². The van der Waals surface area contributed by atoms with Crippen LogP contribution in [0.15, 0.2) is 170 Å². The number of hydrogen-bond donors (Lipinski definition) is 0. The maximum atomic E-state index is 5.08. The minimum Gasteiger partial charge on any atom is -0.254 e. The molecule has 0 atom stereocenters. The van der Waals surface area contributed by atoms with E-state index in [1.54, 1.807) is 0 Å². The molecule has 0 N–H and O–H groups in total. The number of benzene rings is 7. The van der Waals surface area contributed by atoms with E-state index >= 15 is 0 Å². The summed E-state index contributed by atoms with van der Waals surface area (Å²) in [5, 5.41) is 4.77. The number of nitrogens with zero attached hydrogens (tertiary/aromatic N) is 2. The van der Waals surface area contributed by atoms with Crippen molar-refractivity contribution in [1.29, 1.82) is 0 Å². The van der Waals surface area contributed by atoms with Crippen molar-refractivity contribution in [1.82, 2.24) is 9.97 Å². The summed E-state index contributed by atoms with van der Waals surface area (Å²) in [5.41, 5.74) is 16.6. The Morgan fingerprint density at radius 1 is 0.333 bits per heavy atom. The summed E-state index contributed by atoms with van der Waals surface area (Å²) in [6.07, 6.45) is 3.88. The summed E-state index contributed by atoms with van der Waals surface area (Å²) in [4.78, 5) is 9.77. The van der Waals surface area contributed by atoms with Gasteiger partial charge in [-0.2, -0.15) is 0 Å². The lowest BCUT2D eigenvalue weighted by molar-refractivity contribution is 1.37. The molecule has 10 rings (SSSR count). The molecular formula is C46H28N2. The zero-order chi connectivity index (χ0) is 31.6. The van der Waals surface area contributed by atoms with Crippen molar-refractivity contribution in [3.8, 4) is 66.8 Å². The van der Waals surface area contributed by atoms with Crippen LogP contribution in [0.1, 0.15) is 0 Å². The van der Waals surface area contributed by atoms with Crippen LogP contribution in [0, 0.1) is 0 Å². The average Bonchev–Trinajstić information content (AvgIpc) is 3.50. The molecule has 1 aliphatic carbocycles. The van der Waals surface area contributed by atoms with Gasteiger partial charge < -0.3 is 0 Å². The maximum Gasteiger partial charge on any atom is 0.0964 e. The Morgan fingerprint density at radius 3 is 1.73 bits per heavy atom. The van der Waals surface area contributed by atoms with E-state index < -0.39 is 0 Å². The van der Waals surface area contributed by atoms with Gasteiger partial charge in [-0.3, -0.25) is 9.97 Å². The lowest BCUT2D eigenvalue weighted by Gasteiger charge is -2.21. The largest absolute Gasteiger partial charge is 0.254 e. The summed E-state index contributed by atoms with van der Waals surface area (Å²) in [6.45, 7) is 0. The molecule has 222 valence electrons. The van der Waals surface area contributed by atoms with E-state index in [-0.39, 0.29) is 0 Å². The monoisotopic (exact) mass is 608 g/mol. The van der Waals surface area contributed by atoms with E-state index in [2.05, 4.69) is 157 Å². The summed E-state index contributed by atoms with van der Waals surface area (Å²) >= 11 is 0. The summed E-state index contributed by atoms with van der Waals surface area (Å²) in [6, 6.07) is 57.0. The van der Waals surface area contributed by atoms with Crippen molar-refractivity contribution in [2.45, 2.75) is 0 Å². The first kappa shape index (κ1) is 26.8. The SMILES string of the molecule is c1ccc(-c2cc(-c3cnc4c(ccc5cccnc54)c3)c(-c3ccccc3)c3c2-c2ccc(-c4ccccc4)c4cccc-3c24)cc1. The van der Waals surface area contributed by atoms with E-state index in [9.17, 15) is 0 Å². The third kappa shape index (κ3) is 4.00. The van der Waals surface area contributed by atoms with Gasteiger partial charge in [0, 0.05) is 28.7 Å². The molecule has 0 saturated carbocycles. The Morgan fingerprint density at radius 2 is 0.958 bits per heavy atom.